The molecule has 188 valence electrons. The van der Waals surface area contributed by atoms with Crippen LogP contribution in [0.5, 0.6) is 0 Å². The van der Waals surface area contributed by atoms with Crippen molar-refractivity contribution in [3.05, 3.63) is 11.6 Å². The molecule has 0 radical (unpaired) electrons. The van der Waals surface area contributed by atoms with Crippen LogP contribution < -0.4 is 0 Å². The Labute approximate surface area is 200 Å². The molecule has 5 rings (SSSR count). The van der Waals surface area contributed by atoms with Crippen molar-refractivity contribution in [1.82, 2.24) is 0 Å². The van der Waals surface area contributed by atoms with E-state index in [0.717, 1.165) is 50.4 Å². The summed E-state index contributed by atoms with van der Waals surface area (Å²) in [7, 11) is 0. The van der Waals surface area contributed by atoms with Gasteiger partial charge in [-0.1, -0.05) is 39.3 Å². The SMILES string of the molecule is C[C@H](CC[C@](C)(O)[C@H]1CC[C@H]2[C@@H]3[C@H](O)C=C4C[C@@H](O)CC[C@]4(C)[C@H]3C[C@@H](O)[C@@]21C)[C@@H]1C[C@H]1C. The summed E-state index contributed by atoms with van der Waals surface area (Å²) in [4.78, 5) is 0. The fourth-order valence-electron chi connectivity index (χ4n) is 9.65. The maximum absolute atomic E-state index is 11.8. The molecule has 4 saturated carbocycles. The number of fused-ring (bicyclic) bond motifs is 5. The van der Waals surface area contributed by atoms with E-state index in [-0.39, 0.29) is 40.6 Å². The first kappa shape index (κ1) is 24.3. The molecule has 0 spiro atoms. The first-order chi connectivity index (χ1) is 15.4. The Morgan fingerprint density at radius 2 is 1.79 bits per heavy atom. The van der Waals surface area contributed by atoms with Gasteiger partial charge in [-0.2, -0.15) is 0 Å². The maximum atomic E-state index is 11.8. The molecule has 0 bridgehead atoms. The van der Waals surface area contributed by atoms with E-state index >= 15 is 0 Å². The van der Waals surface area contributed by atoms with Gasteiger partial charge < -0.3 is 20.4 Å². The zero-order valence-corrected chi connectivity index (χ0v) is 21.5. The second-order valence-electron chi connectivity index (χ2n) is 13.8. The summed E-state index contributed by atoms with van der Waals surface area (Å²) in [5.74, 6) is 2.98. The molecule has 4 nitrogen and oxygen atoms in total. The molecule has 33 heavy (non-hydrogen) atoms. The monoisotopic (exact) mass is 460 g/mol. The van der Waals surface area contributed by atoms with Crippen molar-refractivity contribution < 1.29 is 20.4 Å². The highest BCUT2D eigenvalue weighted by atomic mass is 16.3. The molecular formula is C29H48O4. The summed E-state index contributed by atoms with van der Waals surface area (Å²) in [5, 5.41) is 45.1. The first-order valence-corrected chi connectivity index (χ1v) is 13.9. The molecule has 0 saturated heterocycles. The highest BCUT2D eigenvalue weighted by molar-refractivity contribution is 5.29. The molecule has 4 heteroatoms. The third-order valence-corrected chi connectivity index (χ3v) is 12.0. The summed E-state index contributed by atoms with van der Waals surface area (Å²) in [6.07, 6.45) is 8.96. The van der Waals surface area contributed by atoms with Crippen LogP contribution in [0.25, 0.3) is 0 Å². The lowest BCUT2D eigenvalue weighted by Crippen LogP contribution is -2.61. The molecule has 4 N–H and O–H groups in total. The van der Waals surface area contributed by atoms with E-state index in [4.69, 9.17) is 0 Å². The maximum Gasteiger partial charge on any atom is 0.0757 e. The smallest absolute Gasteiger partial charge is 0.0757 e. The van der Waals surface area contributed by atoms with Crippen molar-refractivity contribution in [3.63, 3.8) is 0 Å². The average molecular weight is 461 g/mol. The van der Waals surface area contributed by atoms with Gasteiger partial charge in [0.1, 0.15) is 0 Å². The minimum atomic E-state index is -0.789. The highest BCUT2D eigenvalue weighted by Crippen LogP contribution is 2.67. The van der Waals surface area contributed by atoms with Crippen LogP contribution in [0.4, 0.5) is 0 Å². The van der Waals surface area contributed by atoms with E-state index in [1.807, 2.05) is 6.92 Å². The third-order valence-electron chi connectivity index (χ3n) is 12.0. The molecule has 5 aliphatic rings. The van der Waals surface area contributed by atoms with Crippen LogP contribution in [0.3, 0.4) is 0 Å². The van der Waals surface area contributed by atoms with Crippen molar-refractivity contribution in [2.75, 3.05) is 0 Å². The van der Waals surface area contributed by atoms with Gasteiger partial charge in [0, 0.05) is 5.41 Å². The largest absolute Gasteiger partial charge is 0.393 e. The van der Waals surface area contributed by atoms with Gasteiger partial charge in [0.15, 0.2) is 0 Å². The van der Waals surface area contributed by atoms with Crippen LogP contribution in [0.15, 0.2) is 11.6 Å². The van der Waals surface area contributed by atoms with Gasteiger partial charge in [-0.25, -0.2) is 0 Å². The third kappa shape index (κ3) is 3.69. The van der Waals surface area contributed by atoms with Gasteiger partial charge in [-0.15, -0.1) is 0 Å². The van der Waals surface area contributed by atoms with Crippen LogP contribution in [-0.4, -0.2) is 44.3 Å². The van der Waals surface area contributed by atoms with E-state index in [9.17, 15) is 20.4 Å². The average Bonchev–Trinajstić information content (AvgIpc) is 3.36. The molecule has 0 heterocycles. The molecule has 5 aliphatic carbocycles. The zero-order chi connectivity index (χ0) is 23.9. The van der Waals surface area contributed by atoms with Gasteiger partial charge in [-0.3, -0.25) is 0 Å². The minimum absolute atomic E-state index is 0.0393. The predicted molar refractivity (Wildman–Crippen MR) is 130 cm³/mol. The second-order valence-corrected chi connectivity index (χ2v) is 13.8. The summed E-state index contributed by atoms with van der Waals surface area (Å²) >= 11 is 0. The van der Waals surface area contributed by atoms with E-state index in [1.54, 1.807) is 0 Å². The van der Waals surface area contributed by atoms with Crippen LogP contribution >= 0.6 is 0 Å². The molecule has 0 amide bonds. The van der Waals surface area contributed by atoms with Crippen LogP contribution in [0, 0.1) is 52.3 Å². The summed E-state index contributed by atoms with van der Waals surface area (Å²) in [6.45, 7) is 11.2. The van der Waals surface area contributed by atoms with Crippen LogP contribution in [-0.2, 0) is 0 Å². The number of hydrogen-bond acceptors (Lipinski definition) is 4. The van der Waals surface area contributed by atoms with E-state index in [0.29, 0.717) is 18.8 Å². The van der Waals surface area contributed by atoms with Crippen molar-refractivity contribution in [2.45, 2.75) is 116 Å². The Hall–Kier alpha value is -0.420. The standard InChI is InChI=1S/C29H48O4/c1-16(20-12-17(20)2)8-11-28(4,33)24-7-6-21-26-22(15-25(32)29(21,24)5)27(3)10-9-19(30)13-18(27)14-23(26)31/h14,16-17,19-26,30-33H,6-13,15H2,1-5H3/t16-,17-,19+,20+,21+,22+,23-,24-,25-,26+,27+,28+,29+/m1/s1. The molecule has 0 aliphatic heterocycles. The number of aliphatic hydroxyl groups is 4. The van der Waals surface area contributed by atoms with Gasteiger partial charge in [0.2, 0.25) is 0 Å². The number of aliphatic hydroxyl groups excluding tert-OH is 3. The zero-order valence-electron chi connectivity index (χ0n) is 21.5. The van der Waals surface area contributed by atoms with Crippen molar-refractivity contribution in [3.8, 4) is 0 Å². The molecule has 4 fully saturated rings. The van der Waals surface area contributed by atoms with Crippen LogP contribution in [0.1, 0.15) is 92.4 Å². The van der Waals surface area contributed by atoms with Crippen molar-refractivity contribution in [1.29, 1.82) is 0 Å². The summed E-state index contributed by atoms with van der Waals surface area (Å²) < 4.78 is 0. The molecule has 0 unspecified atom stereocenters. The van der Waals surface area contributed by atoms with Crippen LogP contribution in [0.2, 0.25) is 0 Å². The Morgan fingerprint density at radius 3 is 2.45 bits per heavy atom. The normalized spacial score (nSPS) is 53.8. The Bertz CT molecular complexity index is 790. The fraction of sp³-hybridized carbons (Fsp3) is 0.931. The van der Waals surface area contributed by atoms with E-state index < -0.39 is 17.8 Å². The lowest BCUT2D eigenvalue weighted by molar-refractivity contribution is -0.179. The molecule has 0 aromatic heterocycles. The Morgan fingerprint density at radius 1 is 1.09 bits per heavy atom. The van der Waals surface area contributed by atoms with Gasteiger partial charge >= 0.3 is 0 Å². The summed E-state index contributed by atoms with van der Waals surface area (Å²) in [6, 6.07) is 0. The lowest BCUT2D eigenvalue weighted by atomic mass is 9.45. The quantitative estimate of drug-likeness (QED) is 0.449. The molecule has 0 aromatic carbocycles. The van der Waals surface area contributed by atoms with Gasteiger partial charge in [0.25, 0.3) is 0 Å². The highest BCUT2D eigenvalue weighted by Gasteiger charge is 2.66. The topological polar surface area (TPSA) is 80.9 Å². The molecule has 0 aromatic rings. The van der Waals surface area contributed by atoms with E-state index in [1.165, 1.54) is 12.0 Å². The van der Waals surface area contributed by atoms with E-state index in [2.05, 4.69) is 33.8 Å². The predicted octanol–water partition coefficient (Wildman–Crippen LogP) is 4.69. The van der Waals surface area contributed by atoms with Crippen molar-refractivity contribution >= 4 is 0 Å². The second kappa shape index (κ2) is 8.05. The lowest BCUT2D eigenvalue weighted by Gasteiger charge is -2.61. The minimum Gasteiger partial charge on any atom is -0.393 e. The number of rotatable bonds is 5. The van der Waals surface area contributed by atoms with Gasteiger partial charge in [0.05, 0.1) is 23.9 Å². The first-order valence-electron chi connectivity index (χ1n) is 13.9. The Kier molecular flexibility index (Phi) is 5.92. The Balaban J connectivity index is 1.39. The van der Waals surface area contributed by atoms with Gasteiger partial charge in [-0.05, 0) is 112 Å². The molecular weight excluding hydrogens is 412 g/mol. The molecule has 13 atom stereocenters. The summed E-state index contributed by atoms with van der Waals surface area (Å²) in [5.41, 5.74) is 0.0131. The number of hydrogen-bond donors (Lipinski definition) is 4. The fourth-order valence-corrected chi connectivity index (χ4v) is 9.65. The van der Waals surface area contributed by atoms with Crippen molar-refractivity contribution in [2.24, 2.45) is 52.3 Å².